The molecular weight excluding hydrogens is 354 g/mol. The molecule has 0 saturated heterocycles. The first-order valence-corrected chi connectivity index (χ1v) is 9.82. The Morgan fingerprint density at radius 3 is 2.23 bits per heavy atom. The molecule has 1 aromatic carbocycles. The Morgan fingerprint density at radius 1 is 1.12 bits per heavy atom. The van der Waals surface area contributed by atoms with E-state index in [0.29, 0.717) is 17.7 Å². The molecule has 1 aromatic rings. The molecule has 0 aliphatic carbocycles. The minimum Gasteiger partial charge on any atom is -0.372 e. The van der Waals surface area contributed by atoms with E-state index in [9.17, 15) is 14.4 Å². The average Bonchev–Trinajstić information content (AvgIpc) is 2.64. The second-order valence-corrected chi connectivity index (χ2v) is 6.49. The number of nitrogens with one attached hydrogen (secondary N) is 3. The van der Waals surface area contributed by atoms with Crippen LogP contribution in [0.5, 0.6) is 0 Å². The summed E-state index contributed by atoms with van der Waals surface area (Å²) < 4.78 is 0. The lowest BCUT2D eigenvalue weighted by Crippen LogP contribution is -2.53. The Kier molecular flexibility index (Phi) is 9.35. The number of nitrogens with zero attached hydrogens (tertiary/aromatic N) is 1. The number of rotatable bonds is 9. The quantitative estimate of drug-likeness (QED) is 0.478. The third-order valence-electron chi connectivity index (χ3n) is 3.80. The molecule has 0 bridgehead atoms. The first-order valence-electron chi connectivity index (χ1n) is 8.43. The van der Waals surface area contributed by atoms with Crippen LogP contribution in [0.25, 0.3) is 0 Å². The van der Waals surface area contributed by atoms with Crippen molar-refractivity contribution < 1.29 is 14.4 Å². The van der Waals surface area contributed by atoms with Crippen molar-refractivity contribution in [1.29, 1.82) is 0 Å². The molecule has 4 amide bonds. The highest BCUT2D eigenvalue weighted by molar-refractivity contribution is 7.98. The van der Waals surface area contributed by atoms with Crippen molar-refractivity contribution >= 4 is 35.3 Å². The van der Waals surface area contributed by atoms with E-state index in [1.54, 1.807) is 12.1 Å². The molecule has 5 N–H and O–H groups in total. The standard InChI is InChI=1S/C17H27N5O3S/c1-4-22(5-2)13-8-6-12(7-9-13)15(23)20-21-16(24)14(10-11-26-3)19-17(18)25/h6-9,14H,4-5,10-11H2,1-3H3,(H,20,23)(H,21,24)(H3,18,19,25)/t14-/m0/s1. The Morgan fingerprint density at radius 2 is 1.73 bits per heavy atom. The molecule has 0 aromatic heterocycles. The van der Waals surface area contributed by atoms with Crippen molar-refractivity contribution in [3.8, 4) is 0 Å². The second-order valence-electron chi connectivity index (χ2n) is 5.51. The maximum atomic E-state index is 12.2. The van der Waals surface area contributed by atoms with Gasteiger partial charge >= 0.3 is 6.03 Å². The van der Waals surface area contributed by atoms with Crippen LogP contribution in [0.3, 0.4) is 0 Å². The van der Waals surface area contributed by atoms with Crippen LogP contribution in [0, 0.1) is 0 Å². The van der Waals surface area contributed by atoms with Gasteiger partial charge in [0, 0.05) is 24.3 Å². The summed E-state index contributed by atoms with van der Waals surface area (Å²) in [7, 11) is 0. The maximum absolute atomic E-state index is 12.2. The van der Waals surface area contributed by atoms with Gasteiger partial charge in [-0.1, -0.05) is 0 Å². The molecule has 0 spiro atoms. The monoisotopic (exact) mass is 381 g/mol. The molecule has 0 heterocycles. The first kappa shape index (κ1) is 21.6. The summed E-state index contributed by atoms with van der Waals surface area (Å²) in [5.74, 6) is -0.294. The minimum atomic E-state index is -0.801. The highest BCUT2D eigenvalue weighted by atomic mass is 32.2. The molecule has 0 radical (unpaired) electrons. The van der Waals surface area contributed by atoms with Gasteiger partial charge in [0.25, 0.3) is 11.8 Å². The maximum Gasteiger partial charge on any atom is 0.312 e. The number of hydrazine groups is 1. The zero-order valence-electron chi connectivity index (χ0n) is 15.4. The predicted molar refractivity (Wildman–Crippen MR) is 105 cm³/mol. The Bertz CT molecular complexity index is 605. The van der Waals surface area contributed by atoms with Gasteiger partial charge < -0.3 is 16.0 Å². The van der Waals surface area contributed by atoms with Crippen molar-refractivity contribution in [2.75, 3.05) is 30.0 Å². The van der Waals surface area contributed by atoms with Crippen molar-refractivity contribution in [1.82, 2.24) is 16.2 Å². The van der Waals surface area contributed by atoms with E-state index >= 15 is 0 Å². The molecule has 0 unspecified atom stereocenters. The van der Waals surface area contributed by atoms with Gasteiger partial charge in [0.2, 0.25) is 0 Å². The lowest BCUT2D eigenvalue weighted by atomic mass is 10.2. The zero-order valence-corrected chi connectivity index (χ0v) is 16.2. The van der Waals surface area contributed by atoms with Crippen LogP contribution in [0.15, 0.2) is 24.3 Å². The molecule has 0 aliphatic heterocycles. The topological polar surface area (TPSA) is 117 Å². The van der Waals surface area contributed by atoms with E-state index in [2.05, 4.69) is 34.9 Å². The van der Waals surface area contributed by atoms with Gasteiger partial charge in [-0.15, -0.1) is 0 Å². The summed E-state index contributed by atoms with van der Waals surface area (Å²) in [6.45, 7) is 5.88. The molecule has 144 valence electrons. The van der Waals surface area contributed by atoms with Crippen LogP contribution in [0.2, 0.25) is 0 Å². The number of benzene rings is 1. The van der Waals surface area contributed by atoms with Crippen LogP contribution in [0.4, 0.5) is 10.5 Å². The van der Waals surface area contributed by atoms with E-state index in [4.69, 9.17) is 5.73 Å². The fourth-order valence-corrected chi connectivity index (χ4v) is 2.84. The van der Waals surface area contributed by atoms with Gasteiger partial charge in [0.1, 0.15) is 6.04 Å². The van der Waals surface area contributed by atoms with Crippen LogP contribution in [-0.4, -0.2) is 49.0 Å². The average molecular weight is 382 g/mol. The Hall–Kier alpha value is -2.42. The SMILES string of the molecule is CCN(CC)c1ccc(C(=O)NNC(=O)[C@H](CCSC)NC(N)=O)cc1. The molecule has 1 rings (SSSR count). The number of hydrogen-bond donors (Lipinski definition) is 4. The fraction of sp³-hybridized carbons (Fsp3) is 0.471. The third-order valence-corrected chi connectivity index (χ3v) is 4.44. The Labute approximate surface area is 158 Å². The number of hydrogen-bond acceptors (Lipinski definition) is 5. The van der Waals surface area contributed by atoms with E-state index in [1.165, 1.54) is 11.8 Å². The Balaban J connectivity index is 2.63. The number of urea groups is 1. The lowest BCUT2D eigenvalue weighted by Gasteiger charge is -2.21. The van der Waals surface area contributed by atoms with Gasteiger partial charge in [0.15, 0.2) is 0 Å². The van der Waals surface area contributed by atoms with Gasteiger partial charge in [-0.3, -0.25) is 20.4 Å². The number of thioether (sulfide) groups is 1. The van der Waals surface area contributed by atoms with Crippen LogP contribution >= 0.6 is 11.8 Å². The molecule has 9 heteroatoms. The summed E-state index contributed by atoms with van der Waals surface area (Å²) in [5, 5.41) is 2.37. The molecular formula is C17H27N5O3S. The van der Waals surface area contributed by atoms with E-state index in [-0.39, 0.29) is 0 Å². The highest BCUT2D eigenvalue weighted by Crippen LogP contribution is 2.14. The fourth-order valence-electron chi connectivity index (χ4n) is 2.37. The smallest absolute Gasteiger partial charge is 0.312 e. The van der Waals surface area contributed by atoms with Crippen molar-refractivity contribution in [3.05, 3.63) is 29.8 Å². The van der Waals surface area contributed by atoms with E-state index in [0.717, 1.165) is 18.8 Å². The highest BCUT2D eigenvalue weighted by Gasteiger charge is 2.20. The molecule has 0 saturated carbocycles. The van der Waals surface area contributed by atoms with Crippen LogP contribution < -0.4 is 26.8 Å². The first-order chi connectivity index (χ1) is 12.4. The normalized spacial score (nSPS) is 11.3. The van der Waals surface area contributed by atoms with Crippen LogP contribution in [0.1, 0.15) is 30.6 Å². The summed E-state index contributed by atoms with van der Waals surface area (Å²) in [6.07, 6.45) is 2.30. The predicted octanol–water partition coefficient (Wildman–Crippen LogP) is 1.08. The number of nitrogens with two attached hydrogens (primary N) is 1. The molecule has 0 aliphatic rings. The molecule has 8 nitrogen and oxygen atoms in total. The van der Waals surface area contributed by atoms with Gasteiger partial charge in [-0.2, -0.15) is 11.8 Å². The number of primary amides is 1. The molecule has 0 fully saturated rings. The molecule has 26 heavy (non-hydrogen) atoms. The van der Waals surface area contributed by atoms with E-state index in [1.807, 2.05) is 18.4 Å². The van der Waals surface area contributed by atoms with Gasteiger partial charge in [-0.05, 0) is 56.5 Å². The van der Waals surface area contributed by atoms with Gasteiger partial charge in [0.05, 0.1) is 0 Å². The van der Waals surface area contributed by atoms with Crippen molar-refractivity contribution in [2.24, 2.45) is 5.73 Å². The third kappa shape index (κ3) is 6.83. The zero-order chi connectivity index (χ0) is 19.5. The number of carbonyl (C=O) groups excluding carboxylic acids is 3. The minimum absolute atomic E-state index is 0.407. The van der Waals surface area contributed by atoms with Crippen molar-refractivity contribution in [2.45, 2.75) is 26.3 Å². The van der Waals surface area contributed by atoms with Crippen molar-refractivity contribution in [3.63, 3.8) is 0 Å². The van der Waals surface area contributed by atoms with Gasteiger partial charge in [-0.25, -0.2) is 4.79 Å². The summed E-state index contributed by atoms with van der Waals surface area (Å²) in [6, 6.07) is 5.53. The van der Waals surface area contributed by atoms with Crippen LogP contribution in [-0.2, 0) is 4.79 Å². The summed E-state index contributed by atoms with van der Waals surface area (Å²) in [5.41, 5.74) is 11.2. The molecule has 1 atom stereocenters. The largest absolute Gasteiger partial charge is 0.372 e. The number of anilines is 1. The summed E-state index contributed by atoms with van der Waals surface area (Å²) >= 11 is 1.54. The number of amides is 4. The lowest BCUT2D eigenvalue weighted by molar-refractivity contribution is -0.123. The summed E-state index contributed by atoms with van der Waals surface area (Å²) in [4.78, 5) is 37.5. The second kappa shape index (κ2) is 11.2. The van der Waals surface area contributed by atoms with E-state index < -0.39 is 23.9 Å². The number of carbonyl (C=O) groups is 3.